The molecule has 3 rings (SSSR count). The van der Waals surface area contributed by atoms with Gasteiger partial charge >= 0.3 is 0 Å². The summed E-state index contributed by atoms with van der Waals surface area (Å²) in [4.78, 5) is 14.2. The van der Waals surface area contributed by atoms with Crippen molar-refractivity contribution in [3.05, 3.63) is 70.9 Å². The van der Waals surface area contributed by atoms with Crippen LogP contribution >= 0.6 is 0 Å². The predicted octanol–water partition coefficient (Wildman–Crippen LogP) is 0.716. The van der Waals surface area contributed by atoms with Crippen LogP contribution in [-0.4, -0.2) is 17.5 Å². The highest BCUT2D eigenvalue weighted by atomic mass is 16.4. The van der Waals surface area contributed by atoms with E-state index >= 15 is 0 Å². The molecule has 0 bridgehead atoms. The van der Waals surface area contributed by atoms with Gasteiger partial charge in [-0.25, -0.2) is 0 Å². The molecule has 1 aromatic heterocycles. The fraction of sp³-hybridized carbons (Fsp3) is 0.105. The summed E-state index contributed by atoms with van der Waals surface area (Å²) in [5.74, 6) is 5.03. The van der Waals surface area contributed by atoms with Crippen LogP contribution in [0.1, 0.15) is 27.2 Å². The van der Waals surface area contributed by atoms with Crippen molar-refractivity contribution in [3.63, 3.8) is 0 Å². The van der Waals surface area contributed by atoms with Crippen LogP contribution in [0.5, 0.6) is 0 Å². The van der Waals surface area contributed by atoms with Gasteiger partial charge in [0.2, 0.25) is 0 Å². The minimum atomic E-state index is -1.19. The van der Waals surface area contributed by atoms with E-state index in [1.54, 1.807) is 0 Å². The molecule has 4 heteroatoms. The van der Waals surface area contributed by atoms with Gasteiger partial charge in [0.25, 0.3) is 0 Å². The molecule has 2 aromatic carbocycles. The van der Waals surface area contributed by atoms with E-state index in [2.05, 4.69) is 22.6 Å². The molecular weight excluding hydrogens is 288 g/mol. The molecule has 1 heterocycles. The molecule has 0 spiro atoms. The van der Waals surface area contributed by atoms with Crippen LogP contribution in [0.4, 0.5) is 0 Å². The number of hydrogen-bond donors (Lipinski definition) is 2. The Morgan fingerprint density at radius 2 is 1.83 bits per heavy atom. The largest absolute Gasteiger partial charge is 0.543 e. The van der Waals surface area contributed by atoms with E-state index in [4.69, 9.17) is 0 Å². The monoisotopic (exact) mass is 304 g/mol. The van der Waals surface area contributed by atoms with Crippen LogP contribution in [0.25, 0.3) is 10.9 Å². The van der Waals surface area contributed by atoms with Crippen molar-refractivity contribution in [1.29, 1.82) is 0 Å². The van der Waals surface area contributed by atoms with Gasteiger partial charge in [-0.3, -0.25) is 0 Å². The molecule has 0 radical (unpaired) electrons. The topological polar surface area (TPSA) is 83.6 Å². The van der Waals surface area contributed by atoms with Crippen LogP contribution in [0.15, 0.2) is 48.5 Å². The molecule has 114 valence electrons. The first kappa shape index (κ1) is 14.9. The number of carbonyl (C=O) groups is 1. The van der Waals surface area contributed by atoms with Gasteiger partial charge in [-0.1, -0.05) is 30.0 Å². The van der Waals surface area contributed by atoms with E-state index in [-0.39, 0.29) is 5.69 Å². The summed E-state index contributed by atoms with van der Waals surface area (Å²) < 4.78 is 0. The molecule has 0 fully saturated rings. The Labute approximate surface area is 133 Å². The minimum Gasteiger partial charge on any atom is -0.543 e. The Kier molecular flexibility index (Phi) is 4.13. The van der Waals surface area contributed by atoms with Gasteiger partial charge in [-0.15, -0.1) is 0 Å². The lowest BCUT2D eigenvalue weighted by Crippen LogP contribution is -2.51. The normalized spacial score (nSPS) is 10.3. The summed E-state index contributed by atoms with van der Waals surface area (Å²) in [5.41, 5.74) is 7.24. The van der Waals surface area contributed by atoms with E-state index < -0.39 is 5.97 Å². The fourth-order valence-electron chi connectivity index (χ4n) is 2.60. The molecule has 0 saturated heterocycles. The highest BCUT2D eigenvalue weighted by molar-refractivity contribution is 5.97. The third kappa shape index (κ3) is 3.10. The summed E-state index contributed by atoms with van der Waals surface area (Å²) >= 11 is 0. The number of aromatic carboxylic acids is 1. The molecule has 23 heavy (non-hydrogen) atoms. The number of aromatic nitrogens is 1. The molecule has 0 aliphatic heterocycles. The highest BCUT2D eigenvalue weighted by Crippen LogP contribution is 2.23. The van der Waals surface area contributed by atoms with Crippen molar-refractivity contribution in [2.24, 2.45) is 0 Å². The van der Waals surface area contributed by atoms with E-state index in [0.29, 0.717) is 13.0 Å². The van der Waals surface area contributed by atoms with Crippen LogP contribution in [0, 0.1) is 11.8 Å². The lowest BCUT2D eigenvalue weighted by molar-refractivity contribution is -0.366. The third-order valence-corrected chi connectivity index (χ3v) is 3.66. The molecule has 0 aliphatic carbocycles. The number of benzene rings is 2. The van der Waals surface area contributed by atoms with Crippen molar-refractivity contribution >= 4 is 16.9 Å². The number of carbonyl (C=O) groups excluding carboxylic acids is 1. The zero-order valence-electron chi connectivity index (χ0n) is 12.6. The average molecular weight is 304 g/mol. The van der Waals surface area contributed by atoms with Crippen molar-refractivity contribution < 1.29 is 15.6 Å². The van der Waals surface area contributed by atoms with Crippen LogP contribution < -0.4 is 10.8 Å². The van der Waals surface area contributed by atoms with Gasteiger partial charge in [-0.2, -0.15) is 0 Å². The van der Waals surface area contributed by atoms with Crippen LogP contribution in [0.3, 0.4) is 0 Å². The van der Waals surface area contributed by atoms with Crippen LogP contribution in [-0.2, 0) is 6.42 Å². The standard InChI is InChI=1S/C19H16N2O2/c20-11-10-15-16-12-14(7-6-13-4-2-1-3-5-13)8-9-17(16)21-18(15)19(22)23/h1-5,8-9,12,21H,10-11,20H2,(H,22,23). The lowest BCUT2D eigenvalue weighted by Gasteiger charge is -2.02. The van der Waals surface area contributed by atoms with E-state index in [1.165, 1.54) is 0 Å². The number of hydrogen-bond acceptors (Lipinski definition) is 2. The Morgan fingerprint density at radius 3 is 2.52 bits per heavy atom. The first-order chi connectivity index (χ1) is 11.2. The summed E-state index contributed by atoms with van der Waals surface area (Å²) in [6.07, 6.45) is 0.582. The summed E-state index contributed by atoms with van der Waals surface area (Å²) in [5, 5.41) is 12.1. The maximum absolute atomic E-state index is 11.3. The molecule has 0 amide bonds. The zero-order valence-corrected chi connectivity index (χ0v) is 12.6. The van der Waals surface area contributed by atoms with Crippen molar-refractivity contribution in [3.8, 4) is 11.8 Å². The molecule has 0 saturated carbocycles. The van der Waals surface area contributed by atoms with Crippen molar-refractivity contribution in [1.82, 2.24) is 4.98 Å². The second-order valence-corrected chi connectivity index (χ2v) is 5.25. The smallest absolute Gasteiger partial charge is 0.0881 e. The van der Waals surface area contributed by atoms with Gasteiger partial charge < -0.3 is 20.6 Å². The average Bonchev–Trinajstić information content (AvgIpc) is 2.93. The maximum Gasteiger partial charge on any atom is 0.0881 e. The van der Waals surface area contributed by atoms with Crippen LogP contribution in [0.2, 0.25) is 0 Å². The van der Waals surface area contributed by atoms with Gasteiger partial charge in [0, 0.05) is 28.5 Å². The molecule has 3 aromatic rings. The molecular formula is C19H16N2O2. The Morgan fingerprint density at radius 1 is 1.09 bits per heavy atom. The molecule has 0 atom stereocenters. The van der Waals surface area contributed by atoms with Gasteiger partial charge in [-0.05, 0) is 35.9 Å². The number of nitrogens with one attached hydrogen (secondary N) is 1. The number of carboxylic acids is 1. The second-order valence-electron chi connectivity index (χ2n) is 5.25. The minimum absolute atomic E-state index is 0.136. The van der Waals surface area contributed by atoms with Crippen molar-refractivity contribution in [2.45, 2.75) is 6.42 Å². The SMILES string of the molecule is [NH3+]CCc1c(C(=O)[O-])[nH]c2ccc(C#Cc3ccccc3)cc12. The summed E-state index contributed by atoms with van der Waals surface area (Å²) in [7, 11) is 0. The Balaban J connectivity index is 2.06. The Hall–Kier alpha value is -3.03. The molecule has 0 aliphatic rings. The van der Waals surface area contributed by atoms with Crippen molar-refractivity contribution in [2.75, 3.05) is 6.54 Å². The number of fused-ring (bicyclic) bond motifs is 1. The lowest BCUT2D eigenvalue weighted by atomic mass is 10.0. The number of quaternary nitrogens is 1. The Bertz CT molecular complexity index is 915. The quantitative estimate of drug-likeness (QED) is 0.699. The molecule has 4 N–H and O–H groups in total. The summed E-state index contributed by atoms with van der Waals surface area (Å²) in [6, 6.07) is 15.4. The number of rotatable bonds is 3. The number of carboxylic acid groups (broad SMARTS) is 1. The van der Waals surface area contributed by atoms with E-state index in [0.717, 1.165) is 27.6 Å². The third-order valence-electron chi connectivity index (χ3n) is 3.66. The summed E-state index contributed by atoms with van der Waals surface area (Å²) in [6.45, 7) is 0.618. The fourth-order valence-corrected chi connectivity index (χ4v) is 2.60. The first-order valence-electron chi connectivity index (χ1n) is 7.41. The van der Waals surface area contributed by atoms with E-state index in [1.807, 2.05) is 48.5 Å². The zero-order chi connectivity index (χ0) is 16.2. The van der Waals surface area contributed by atoms with Gasteiger partial charge in [0.1, 0.15) is 0 Å². The maximum atomic E-state index is 11.3. The predicted molar refractivity (Wildman–Crippen MR) is 86.5 cm³/mol. The molecule has 4 nitrogen and oxygen atoms in total. The first-order valence-corrected chi connectivity index (χ1v) is 7.41. The number of aromatic amines is 1. The van der Waals surface area contributed by atoms with E-state index in [9.17, 15) is 9.90 Å². The molecule has 0 unspecified atom stereocenters. The van der Waals surface area contributed by atoms with Gasteiger partial charge in [0.05, 0.1) is 18.2 Å². The second kappa shape index (κ2) is 6.39. The number of H-pyrrole nitrogens is 1. The van der Waals surface area contributed by atoms with Gasteiger partial charge in [0.15, 0.2) is 0 Å². The highest BCUT2D eigenvalue weighted by Gasteiger charge is 2.12.